The van der Waals surface area contributed by atoms with Crippen LogP contribution >= 0.6 is 0 Å². The summed E-state index contributed by atoms with van der Waals surface area (Å²) >= 11 is 0. The summed E-state index contributed by atoms with van der Waals surface area (Å²) in [7, 11) is 0. The van der Waals surface area contributed by atoms with Gasteiger partial charge in [-0.2, -0.15) is 18.3 Å². The average Bonchev–Trinajstić information content (AvgIpc) is 2.67. The number of pyridine rings is 1. The number of aromatic amines is 2. The molecule has 0 radical (unpaired) electrons. The molecule has 2 heterocycles. The highest BCUT2D eigenvalue weighted by Gasteiger charge is 2.30. The highest BCUT2D eigenvalue weighted by Crippen LogP contribution is 2.29. The van der Waals surface area contributed by atoms with Gasteiger partial charge in [-0.05, 0) is 23.8 Å². The molecule has 0 saturated carbocycles. The Morgan fingerprint density at radius 3 is 2.64 bits per heavy atom. The van der Waals surface area contributed by atoms with Gasteiger partial charge < -0.3 is 10.3 Å². The number of aromatic nitrogens is 3. The van der Waals surface area contributed by atoms with E-state index in [1.807, 2.05) is 0 Å². The van der Waals surface area contributed by atoms with Crippen molar-refractivity contribution in [1.82, 2.24) is 20.5 Å². The first kappa shape index (κ1) is 19.1. The maximum atomic E-state index is 12.8. The Bertz CT molecular complexity index is 1140. The van der Waals surface area contributed by atoms with Gasteiger partial charge in [-0.25, -0.2) is 5.10 Å². The molecule has 3 aromatic rings. The summed E-state index contributed by atoms with van der Waals surface area (Å²) in [6, 6.07) is 6.87. The van der Waals surface area contributed by atoms with Gasteiger partial charge in [0.25, 0.3) is 11.5 Å². The molecule has 7 nitrogen and oxygen atoms in total. The van der Waals surface area contributed by atoms with E-state index in [0.717, 1.165) is 18.2 Å². The van der Waals surface area contributed by atoms with E-state index in [9.17, 15) is 27.6 Å². The Morgan fingerprint density at radius 1 is 1.14 bits per heavy atom. The normalized spacial score (nSPS) is 11.2. The van der Waals surface area contributed by atoms with E-state index in [4.69, 9.17) is 0 Å². The Morgan fingerprint density at radius 2 is 1.93 bits per heavy atom. The van der Waals surface area contributed by atoms with Crippen molar-refractivity contribution in [2.75, 3.05) is 0 Å². The molecule has 3 N–H and O–H groups in total. The number of nitrogens with one attached hydrogen (secondary N) is 3. The number of hydrogen-bond donors (Lipinski definition) is 3. The minimum atomic E-state index is -4.50. The van der Waals surface area contributed by atoms with Crippen molar-refractivity contribution in [3.8, 4) is 11.3 Å². The molecule has 0 fully saturated rings. The van der Waals surface area contributed by atoms with Gasteiger partial charge in [-0.3, -0.25) is 14.4 Å². The first-order valence-electron chi connectivity index (χ1n) is 7.97. The predicted molar refractivity (Wildman–Crippen MR) is 93.5 cm³/mol. The van der Waals surface area contributed by atoms with Gasteiger partial charge in [0.05, 0.1) is 16.8 Å². The quantitative estimate of drug-likeness (QED) is 0.634. The molecule has 3 rings (SSSR count). The Labute approximate surface area is 155 Å². The van der Waals surface area contributed by atoms with Gasteiger partial charge >= 0.3 is 6.18 Å². The molecular weight excluding hydrogens is 377 g/mol. The van der Waals surface area contributed by atoms with Gasteiger partial charge in [0.15, 0.2) is 5.43 Å². The van der Waals surface area contributed by atoms with Gasteiger partial charge in [-0.1, -0.05) is 12.1 Å². The third-order valence-corrected chi connectivity index (χ3v) is 3.86. The van der Waals surface area contributed by atoms with E-state index in [2.05, 4.69) is 20.5 Å². The summed E-state index contributed by atoms with van der Waals surface area (Å²) in [4.78, 5) is 38.8. The lowest BCUT2D eigenvalue weighted by Gasteiger charge is -2.10. The van der Waals surface area contributed by atoms with Crippen molar-refractivity contribution in [1.29, 1.82) is 0 Å². The van der Waals surface area contributed by atoms with E-state index < -0.39 is 23.2 Å². The van der Waals surface area contributed by atoms with Crippen molar-refractivity contribution in [2.45, 2.75) is 12.7 Å². The molecule has 0 bridgehead atoms. The molecule has 0 spiro atoms. The molecule has 0 aliphatic rings. The third kappa shape index (κ3) is 4.17. The van der Waals surface area contributed by atoms with E-state index in [-0.39, 0.29) is 34.4 Å². The lowest BCUT2D eigenvalue weighted by atomic mass is 10.1. The summed E-state index contributed by atoms with van der Waals surface area (Å²) in [6.45, 7) is -0.216. The molecule has 10 heteroatoms. The van der Waals surface area contributed by atoms with Gasteiger partial charge in [0, 0.05) is 25.0 Å². The zero-order valence-corrected chi connectivity index (χ0v) is 14.1. The van der Waals surface area contributed by atoms with Crippen molar-refractivity contribution in [2.24, 2.45) is 0 Å². The van der Waals surface area contributed by atoms with Crippen LogP contribution in [-0.4, -0.2) is 21.1 Å². The molecule has 144 valence electrons. The topological polar surface area (TPSA) is 108 Å². The number of nitrogens with zero attached hydrogens (tertiary/aromatic N) is 1. The largest absolute Gasteiger partial charge is 0.416 e. The average molecular weight is 390 g/mol. The molecule has 0 aliphatic heterocycles. The summed E-state index contributed by atoms with van der Waals surface area (Å²) in [5.41, 5.74) is -1.89. The van der Waals surface area contributed by atoms with Gasteiger partial charge in [-0.15, -0.1) is 0 Å². The number of hydrogen-bond acceptors (Lipinski definition) is 4. The van der Waals surface area contributed by atoms with Crippen LogP contribution in [0.1, 0.15) is 21.5 Å². The Kier molecular flexibility index (Phi) is 5.12. The second-order valence-electron chi connectivity index (χ2n) is 5.80. The lowest BCUT2D eigenvalue weighted by molar-refractivity contribution is -0.137. The molecule has 1 aromatic carbocycles. The molecule has 2 aromatic heterocycles. The zero-order valence-electron chi connectivity index (χ0n) is 14.1. The number of carbonyl (C=O) groups is 1. The van der Waals surface area contributed by atoms with Crippen LogP contribution in [0.3, 0.4) is 0 Å². The van der Waals surface area contributed by atoms with Crippen LogP contribution in [0.5, 0.6) is 0 Å². The standard InChI is InChI=1S/C18H13F3N4O3/c19-18(20,21)11-3-1-2-10(6-11)8-23-16(27)12-7-14(24-25-17(12)28)13-9-22-5-4-15(13)26/h1-7,9H,8H2,(H,22,26)(H,23,27)(H,25,28). The summed E-state index contributed by atoms with van der Waals surface area (Å²) in [5.74, 6) is -0.810. The minimum absolute atomic E-state index is 0.0747. The van der Waals surface area contributed by atoms with Crippen LogP contribution in [0, 0.1) is 0 Å². The molecular formula is C18H13F3N4O3. The molecule has 28 heavy (non-hydrogen) atoms. The third-order valence-electron chi connectivity index (χ3n) is 3.86. The minimum Gasteiger partial charge on any atom is -0.367 e. The molecule has 0 saturated heterocycles. The van der Waals surface area contributed by atoms with Crippen LogP contribution < -0.4 is 16.3 Å². The van der Waals surface area contributed by atoms with Crippen LogP contribution in [0.4, 0.5) is 13.2 Å². The first-order chi connectivity index (χ1) is 13.3. The monoisotopic (exact) mass is 390 g/mol. The fourth-order valence-corrected chi connectivity index (χ4v) is 2.46. The summed E-state index contributed by atoms with van der Waals surface area (Å²) in [5, 5.41) is 8.27. The molecule has 1 amide bonds. The predicted octanol–water partition coefficient (Wildman–Crippen LogP) is 2.07. The summed E-state index contributed by atoms with van der Waals surface area (Å²) < 4.78 is 38.3. The fraction of sp³-hybridized carbons (Fsp3) is 0.111. The van der Waals surface area contributed by atoms with Crippen LogP contribution in [0.2, 0.25) is 0 Å². The highest BCUT2D eigenvalue weighted by molar-refractivity contribution is 5.94. The number of amides is 1. The van der Waals surface area contributed by atoms with Crippen LogP contribution in [-0.2, 0) is 12.7 Å². The van der Waals surface area contributed by atoms with Crippen LogP contribution in [0.25, 0.3) is 11.3 Å². The van der Waals surface area contributed by atoms with E-state index in [0.29, 0.717) is 0 Å². The SMILES string of the molecule is O=C(NCc1cccc(C(F)(F)F)c1)c1cc(-c2c[nH]ccc2=O)n[nH]c1=O. The van der Waals surface area contributed by atoms with Crippen LogP contribution in [0.15, 0.2) is 58.4 Å². The molecule has 0 unspecified atom stereocenters. The van der Waals surface area contributed by atoms with Crippen molar-refractivity contribution >= 4 is 5.91 Å². The summed E-state index contributed by atoms with van der Waals surface area (Å²) in [6.07, 6.45) is -1.71. The molecule has 0 aliphatic carbocycles. The second-order valence-corrected chi connectivity index (χ2v) is 5.80. The van der Waals surface area contributed by atoms with E-state index >= 15 is 0 Å². The Hall–Kier alpha value is -3.69. The van der Waals surface area contributed by atoms with E-state index in [1.165, 1.54) is 30.6 Å². The lowest BCUT2D eigenvalue weighted by Crippen LogP contribution is -2.30. The smallest absolute Gasteiger partial charge is 0.367 e. The highest BCUT2D eigenvalue weighted by atomic mass is 19.4. The van der Waals surface area contributed by atoms with Crippen molar-refractivity contribution < 1.29 is 18.0 Å². The first-order valence-corrected chi connectivity index (χ1v) is 7.97. The van der Waals surface area contributed by atoms with Crippen molar-refractivity contribution in [3.63, 3.8) is 0 Å². The van der Waals surface area contributed by atoms with Crippen molar-refractivity contribution in [3.05, 3.63) is 86.1 Å². The number of H-pyrrole nitrogens is 2. The van der Waals surface area contributed by atoms with E-state index in [1.54, 1.807) is 0 Å². The Balaban J connectivity index is 1.82. The molecule has 0 atom stereocenters. The van der Waals surface area contributed by atoms with Gasteiger partial charge in [0.2, 0.25) is 0 Å². The number of benzene rings is 1. The fourth-order valence-electron chi connectivity index (χ4n) is 2.46. The maximum absolute atomic E-state index is 12.8. The van der Waals surface area contributed by atoms with Gasteiger partial charge in [0.1, 0.15) is 5.56 Å². The number of alkyl halides is 3. The zero-order chi connectivity index (χ0) is 20.3. The number of rotatable bonds is 4. The number of carbonyl (C=O) groups excluding carboxylic acids is 1. The second kappa shape index (κ2) is 7.51. The maximum Gasteiger partial charge on any atom is 0.416 e. The number of halogens is 3.